The predicted molar refractivity (Wildman–Crippen MR) is 86.1 cm³/mol. The van der Waals surface area contributed by atoms with E-state index in [4.69, 9.17) is 0 Å². The van der Waals surface area contributed by atoms with E-state index in [1.54, 1.807) is 0 Å². The van der Waals surface area contributed by atoms with Crippen LogP contribution in [0.25, 0.3) is 0 Å². The average molecular weight is 289 g/mol. The van der Waals surface area contributed by atoms with Gasteiger partial charge < -0.3 is 10.6 Å². The molecule has 1 aromatic rings. The number of hydrogen-bond donors (Lipinski definition) is 2. The molecule has 116 valence electrons. The van der Waals surface area contributed by atoms with E-state index in [0.717, 1.165) is 12.1 Å². The summed E-state index contributed by atoms with van der Waals surface area (Å²) in [7, 11) is 0. The van der Waals surface area contributed by atoms with E-state index in [1.807, 2.05) is 13.8 Å². The van der Waals surface area contributed by atoms with Crippen LogP contribution in [0.3, 0.4) is 0 Å². The van der Waals surface area contributed by atoms with Gasteiger partial charge in [0.15, 0.2) is 0 Å². The zero-order chi connectivity index (χ0) is 15.1. The Hall–Kier alpha value is -1.55. The first kappa shape index (κ1) is 15.8. The lowest BCUT2D eigenvalue weighted by atomic mass is 10.1. The van der Waals surface area contributed by atoms with Gasteiger partial charge in [-0.1, -0.05) is 30.7 Å². The maximum atomic E-state index is 11.5. The van der Waals surface area contributed by atoms with Crippen LogP contribution in [0.15, 0.2) is 24.3 Å². The molecule has 0 atom stereocenters. The van der Waals surface area contributed by atoms with E-state index < -0.39 is 0 Å². The Morgan fingerprint density at radius 2 is 1.71 bits per heavy atom. The Morgan fingerprint density at radius 1 is 1.10 bits per heavy atom. The molecule has 0 aliphatic carbocycles. The van der Waals surface area contributed by atoms with E-state index in [9.17, 15) is 4.79 Å². The minimum Gasteiger partial charge on any atom is -0.336 e. The third-order valence-corrected chi connectivity index (χ3v) is 3.75. The number of carbonyl (C=O) groups excluding carboxylic acids is 1. The number of urea groups is 1. The maximum Gasteiger partial charge on any atom is 0.315 e. The van der Waals surface area contributed by atoms with Crippen molar-refractivity contribution in [2.24, 2.45) is 0 Å². The van der Waals surface area contributed by atoms with Crippen LogP contribution in [-0.2, 0) is 13.1 Å². The second kappa shape index (κ2) is 8.03. The molecule has 1 fully saturated rings. The van der Waals surface area contributed by atoms with Crippen LogP contribution in [0.4, 0.5) is 4.79 Å². The molecule has 21 heavy (non-hydrogen) atoms. The maximum absolute atomic E-state index is 11.5. The van der Waals surface area contributed by atoms with Gasteiger partial charge in [0.2, 0.25) is 0 Å². The summed E-state index contributed by atoms with van der Waals surface area (Å²) in [5, 5.41) is 5.69. The van der Waals surface area contributed by atoms with Crippen molar-refractivity contribution >= 4 is 6.03 Å². The standard InChI is InChI=1S/C17H27N3O/c1-14(2)19-17(21)18-12-15-6-8-16(9-7-15)13-20-10-4-3-5-11-20/h6-9,14H,3-5,10-13H2,1-2H3,(H2,18,19,21). The largest absolute Gasteiger partial charge is 0.336 e. The highest BCUT2D eigenvalue weighted by molar-refractivity contribution is 5.74. The summed E-state index contributed by atoms with van der Waals surface area (Å²) < 4.78 is 0. The second-order valence-electron chi connectivity index (χ2n) is 6.14. The third-order valence-electron chi connectivity index (χ3n) is 3.75. The zero-order valence-electron chi connectivity index (χ0n) is 13.2. The molecule has 1 aliphatic heterocycles. The minimum atomic E-state index is -0.109. The van der Waals surface area contributed by atoms with Crippen LogP contribution in [0.2, 0.25) is 0 Å². The summed E-state index contributed by atoms with van der Waals surface area (Å²) in [4.78, 5) is 14.0. The number of carbonyl (C=O) groups is 1. The Bertz CT molecular complexity index is 436. The highest BCUT2D eigenvalue weighted by atomic mass is 16.2. The number of nitrogens with one attached hydrogen (secondary N) is 2. The molecular formula is C17H27N3O. The van der Waals surface area contributed by atoms with E-state index in [0.29, 0.717) is 6.54 Å². The number of hydrogen-bond acceptors (Lipinski definition) is 2. The lowest BCUT2D eigenvalue weighted by Gasteiger charge is -2.26. The fraction of sp³-hybridized carbons (Fsp3) is 0.588. The second-order valence-corrected chi connectivity index (χ2v) is 6.14. The number of rotatable bonds is 5. The molecule has 1 aromatic carbocycles. The third kappa shape index (κ3) is 5.76. The first-order valence-electron chi connectivity index (χ1n) is 7.98. The van der Waals surface area contributed by atoms with E-state index >= 15 is 0 Å². The van der Waals surface area contributed by atoms with Crippen LogP contribution in [0.1, 0.15) is 44.2 Å². The van der Waals surface area contributed by atoms with Crippen LogP contribution in [0.5, 0.6) is 0 Å². The van der Waals surface area contributed by atoms with Crippen LogP contribution >= 0.6 is 0 Å². The van der Waals surface area contributed by atoms with Gasteiger partial charge in [-0.05, 0) is 50.9 Å². The summed E-state index contributed by atoms with van der Waals surface area (Å²) in [6.45, 7) is 7.96. The van der Waals surface area contributed by atoms with Crippen molar-refractivity contribution in [1.82, 2.24) is 15.5 Å². The van der Waals surface area contributed by atoms with Gasteiger partial charge in [0.1, 0.15) is 0 Å². The Labute approximate surface area is 127 Å². The summed E-state index contributed by atoms with van der Waals surface area (Å²) in [6.07, 6.45) is 4.03. The van der Waals surface area contributed by atoms with E-state index in [1.165, 1.54) is 37.9 Å². The lowest BCUT2D eigenvalue weighted by Crippen LogP contribution is -2.39. The SMILES string of the molecule is CC(C)NC(=O)NCc1ccc(CN2CCCCC2)cc1. The monoisotopic (exact) mass is 289 g/mol. The number of piperidine rings is 1. The van der Waals surface area contributed by atoms with Gasteiger partial charge >= 0.3 is 6.03 Å². The Balaban J connectivity index is 1.77. The van der Waals surface area contributed by atoms with Gasteiger partial charge in [-0.25, -0.2) is 4.79 Å². The molecule has 0 saturated carbocycles. The first-order valence-corrected chi connectivity index (χ1v) is 7.98. The topological polar surface area (TPSA) is 44.4 Å². The molecule has 4 nitrogen and oxygen atoms in total. The van der Waals surface area contributed by atoms with Crippen LogP contribution < -0.4 is 10.6 Å². The molecule has 1 saturated heterocycles. The smallest absolute Gasteiger partial charge is 0.315 e. The number of nitrogens with zero attached hydrogens (tertiary/aromatic N) is 1. The molecule has 2 N–H and O–H groups in total. The first-order chi connectivity index (χ1) is 10.1. The molecule has 0 spiro atoms. The van der Waals surface area contributed by atoms with Crippen molar-refractivity contribution in [3.05, 3.63) is 35.4 Å². The van der Waals surface area contributed by atoms with Crippen molar-refractivity contribution < 1.29 is 4.79 Å². The normalized spacial score (nSPS) is 16.0. The summed E-state index contributed by atoms with van der Waals surface area (Å²) in [5.41, 5.74) is 2.49. The molecule has 0 bridgehead atoms. The quantitative estimate of drug-likeness (QED) is 0.875. The van der Waals surface area contributed by atoms with Crippen molar-refractivity contribution in [2.75, 3.05) is 13.1 Å². The van der Waals surface area contributed by atoms with Crippen molar-refractivity contribution in [3.63, 3.8) is 0 Å². The van der Waals surface area contributed by atoms with Crippen LogP contribution in [-0.4, -0.2) is 30.1 Å². The molecule has 0 unspecified atom stereocenters. The number of benzene rings is 1. The average Bonchev–Trinajstić information content (AvgIpc) is 2.47. The lowest BCUT2D eigenvalue weighted by molar-refractivity contribution is 0.221. The molecular weight excluding hydrogens is 262 g/mol. The predicted octanol–water partition coefficient (Wildman–Crippen LogP) is 2.88. The van der Waals surface area contributed by atoms with Gasteiger partial charge in [-0.3, -0.25) is 4.90 Å². The fourth-order valence-corrected chi connectivity index (χ4v) is 2.63. The Morgan fingerprint density at radius 3 is 2.33 bits per heavy atom. The molecule has 2 rings (SSSR count). The number of amides is 2. The van der Waals surface area contributed by atoms with Gasteiger partial charge in [-0.15, -0.1) is 0 Å². The molecule has 2 amide bonds. The highest BCUT2D eigenvalue weighted by Gasteiger charge is 2.10. The van der Waals surface area contributed by atoms with Gasteiger partial charge in [0.05, 0.1) is 0 Å². The van der Waals surface area contributed by atoms with Gasteiger partial charge in [0, 0.05) is 19.1 Å². The molecule has 4 heteroatoms. The molecule has 1 aliphatic rings. The fourth-order valence-electron chi connectivity index (χ4n) is 2.63. The molecule has 0 radical (unpaired) electrons. The summed E-state index contributed by atoms with van der Waals surface area (Å²) in [6, 6.07) is 8.61. The van der Waals surface area contributed by atoms with Crippen LogP contribution in [0, 0.1) is 0 Å². The molecule has 0 aromatic heterocycles. The Kier molecular flexibility index (Phi) is 6.05. The van der Waals surface area contributed by atoms with Crippen molar-refractivity contribution in [1.29, 1.82) is 0 Å². The molecule has 1 heterocycles. The van der Waals surface area contributed by atoms with E-state index in [-0.39, 0.29) is 12.1 Å². The minimum absolute atomic E-state index is 0.109. The summed E-state index contributed by atoms with van der Waals surface area (Å²) >= 11 is 0. The van der Waals surface area contributed by atoms with Crippen molar-refractivity contribution in [2.45, 2.75) is 52.2 Å². The van der Waals surface area contributed by atoms with Gasteiger partial charge in [-0.2, -0.15) is 0 Å². The van der Waals surface area contributed by atoms with Gasteiger partial charge in [0.25, 0.3) is 0 Å². The summed E-state index contributed by atoms with van der Waals surface area (Å²) in [5.74, 6) is 0. The van der Waals surface area contributed by atoms with E-state index in [2.05, 4.69) is 39.8 Å². The zero-order valence-corrected chi connectivity index (χ0v) is 13.2. The highest BCUT2D eigenvalue weighted by Crippen LogP contribution is 2.13. The number of likely N-dealkylation sites (tertiary alicyclic amines) is 1. The van der Waals surface area contributed by atoms with Crippen molar-refractivity contribution in [3.8, 4) is 0 Å².